The van der Waals surface area contributed by atoms with Crippen molar-refractivity contribution < 1.29 is 8.42 Å². The molecule has 3 heterocycles. The molecule has 11 heteroatoms. The summed E-state index contributed by atoms with van der Waals surface area (Å²) in [5.74, 6) is 1.26. The van der Waals surface area contributed by atoms with E-state index in [1.54, 1.807) is 12.4 Å². The Labute approximate surface area is 159 Å². The van der Waals surface area contributed by atoms with Crippen LogP contribution in [0.2, 0.25) is 0 Å². The second-order valence-electron chi connectivity index (χ2n) is 5.65. The first-order valence-electron chi connectivity index (χ1n) is 7.54. The number of aromatic nitrogens is 4. The number of rotatable bonds is 5. The second-order valence-corrected chi connectivity index (χ2v) is 7.63. The average Bonchev–Trinajstić information content (AvgIpc) is 3.06. The first kappa shape index (κ1) is 21.6. The van der Waals surface area contributed by atoms with E-state index in [0.29, 0.717) is 18.2 Å². The fraction of sp³-hybridized carbons (Fsp3) is 0.500. The molecule has 2 aromatic rings. The van der Waals surface area contributed by atoms with Crippen molar-refractivity contribution in [1.29, 1.82) is 0 Å². The Hall–Kier alpha value is -1.42. The molecule has 2 aromatic heterocycles. The fourth-order valence-electron chi connectivity index (χ4n) is 2.69. The van der Waals surface area contributed by atoms with Gasteiger partial charge < -0.3 is 15.6 Å². The van der Waals surface area contributed by atoms with Crippen LogP contribution in [0.25, 0.3) is 0 Å². The van der Waals surface area contributed by atoms with Crippen molar-refractivity contribution >= 4 is 40.6 Å². The highest BCUT2D eigenvalue weighted by molar-refractivity contribution is 7.90. The maximum absolute atomic E-state index is 12.0. The van der Waals surface area contributed by atoms with E-state index in [1.807, 2.05) is 0 Å². The maximum Gasteiger partial charge on any atom is 0.223 e. The van der Waals surface area contributed by atoms with Crippen LogP contribution in [0.3, 0.4) is 0 Å². The van der Waals surface area contributed by atoms with E-state index in [9.17, 15) is 8.42 Å². The number of halogens is 2. The highest BCUT2D eigenvalue weighted by Gasteiger charge is 2.25. The lowest BCUT2D eigenvalue weighted by Gasteiger charge is -2.24. The van der Waals surface area contributed by atoms with E-state index in [4.69, 9.17) is 0 Å². The summed E-state index contributed by atoms with van der Waals surface area (Å²) in [7, 11) is -3.36. The molecule has 1 aliphatic rings. The number of piperidine rings is 1. The van der Waals surface area contributed by atoms with Crippen LogP contribution in [0.4, 0.5) is 5.95 Å². The van der Waals surface area contributed by atoms with E-state index >= 15 is 0 Å². The Morgan fingerprint density at radius 3 is 2.72 bits per heavy atom. The lowest BCUT2D eigenvalue weighted by molar-refractivity contribution is 0.448. The molecule has 0 spiro atoms. The molecule has 25 heavy (non-hydrogen) atoms. The SMILES string of the molecule is CS(=O)(=O)c1cnc(NCc2ncc[nH]2)nc1C1CCCNC1.Cl.Cl. The van der Waals surface area contributed by atoms with Gasteiger partial charge >= 0.3 is 0 Å². The molecule has 0 saturated carbocycles. The highest BCUT2D eigenvalue weighted by Crippen LogP contribution is 2.27. The Morgan fingerprint density at radius 1 is 1.32 bits per heavy atom. The van der Waals surface area contributed by atoms with Crippen LogP contribution in [0.5, 0.6) is 0 Å². The largest absolute Gasteiger partial charge is 0.347 e. The molecule has 1 fully saturated rings. The van der Waals surface area contributed by atoms with Crippen LogP contribution in [-0.2, 0) is 16.4 Å². The molecule has 1 aliphatic heterocycles. The van der Waals surface area contributed by atoms with Gasteiger partial charge in [-0.15, -0.1) is 24.8 Å². The highest BCUT2D eigenvalue weighted by atomic mass is 35.5. The topological polar surface area (TPSA) is 113 Å². The van der Waals surface area contributed by atoms with Crippen molar-refractivity contribution in [3.63, 3.8) is 0 Å². The van der Waals surface area contributed by atoms with Crippen LogP contribution in [0.15, 0.2) is 23.5 Å². The molecule has 1 unspecified atom stereocenters. The van der Waals surface area contributed by atoms with Crippen molar-refractivity contribution in [2.24, 2.45) is 0 Å². The average molecular weight is 409 g/mol. The quantitative estimate of drug-likeness (QED) is 0.686. The summed E-state index contributed by atoms with van der Waals surface area (Å²) < 4.78 is 24.0. The van der Waals surface area contributed by atoms with Crippen molar-refractivity contribution in [1.82, 2.24) is 25.3 Å². The third-order valence-corrected chi connectivity index (χ3v) is 4.95. The van der Waals surface area contributed by atoms with Crippen molar-refractivity contribution in [2.75, 3.05) is 24.7 Å². The Bertz CT molecular complexity index is 764. The Morgan fingerprint density at radius 2 is 2.12 bits per heavy atom. The summed E-state index contributed by atoms with van der Waals surface area (Å²) in [4.78, 5) is 15.9. The summed E-state index contributed by atoms with van der Waals surface area (Å²) in [6, 6.07) is 0. The Balaban J connectivity index is 0.00000156. The van der Waals surface area contributed by atoms with Crippen LogP contribution in [0.1, 0.15) is 30.3 Å². The predicted octanol–water partition coefficient (Wildman–Crippen LogP) is 1.53. The molecule has 0 amide bonds. The molecule has 0 radical (unpaired) electrons. The monoisotopic (exact) mass is 408 g/mol. The van der Waals surface area contributed by atoms with Gasteiger partial charge in [-0.3, -0.25) is 0 Å². The Kier molecular flexibility index (Phi) is 8.07. The molecular formula is C14H22Cl2N6O2S. The summed E-state index contributed by atoms with van der Waals surface area (Å²) in [6.07, 6.45) is 7.93. The molecule has 8 nitrogen and oxygen atoms in total. The van der Waals surface area contributed by atoms with E-state index in [-0.39, 0.29) is 35.6 Å². The summed E-state index contributed by atoms with van der Waals surface area (Å²) in [5, 5.41) is 6.37. The van der Waals surface area contributed by atoms with Gasteiger partial charge in [-0.05, 0) is 19.4 Å². The van der Waals surface area contributed by atoms with Crippen LogP contribution >= 0.6 is 24.8 Å². The van der Waals surface area contributed by atoms with Gasteiger partial charge in [0.2, 0.25) is 5.95 Å². The first-order valence-corrected chi connectivity index (χ1v) is 9.43. The third kappa shape index (κ3) is 5.53. The van der Waals surface area contributed by atoms with Crippen molar-refractivity contribution in [3.8, 4) is 0 Å². The van der Waals surface area contributed by atoms with Gasteiger partial charge in [-0.2, -0.15) is 0 Å². The van der Waals surface area contributed by atoms with Crippen LogP contribution in [-0.4, -0.2) is 47.7 Å². The zero-order chi connectivity index (χ0) is 16.3. The van der Waals surface area contributed by atoms with Gasteiger partial charge in [0.15, 0.2) is 9.84 Å². The number of anilines is 1. The van der Waals surface area contributed by atoms with Crippen molar-refractivity contribution in [2.45, 2.75) is 30.2 Å². The van der Waals surface area contributed by atoms with Crippen LogP contribution in [0, 0.1) is 0 Å². The standard InChI is InChI=1S/C14H20N6O2S.2ClH/c1-23(21,22)11-8-18-14(19-9-12-16-5-6-17-12)20-13(11)10-3-2-4-15-7-10;;/h5-6,8,10,15H,2-4,7,9H2,1H3,(H,16,17)(H,18,19,20);2*1H. The first-order chi connectivity index (χ1) is 11.0. The van der Waals surface area contributed by atoms with Gasteiger partial charge in [0.05, 0.1) is 18.4 Å². The van der Waals surface area contributed by atoms with E-state index in [2.05, 4.69) is 30.6 Å². The number of hydrogen-bond acceptors (Lipinski definition) is 7. The van der Waals surface area contributed by atoms with Gasteiger partial charge in [-0.1, -0.05) is 0 Å². The molecule has 140 valence electrons. The summed E-state index contributed by atoms with van der Waals surface area (Å²) >= 11 is 0. The van der Waals surface area contributed by atoms with Crippen molar-refractivity contribution in [3.05, 3.63) is 30.1 Å². The minimum absolute atomic E-state index is 0. The van der Waals surface area contributed by atoms with E-state index < -0.39 is 9.84 Å². The summed E-state index contributed by atoms with van der Waals surface area (Å²) in [5.41, 5.74) is 0.594. The molecular weight excluding hydrogens is 387 g/mol. The number of nitrogens with one attached hydrogen (secondary N) is 3. The molecule has 1 atom stereocenters. The van der Waals surface area contributed by atoms with Crippen LogP contribution < -0.4 is 10.6 Å². The van der Waals surface area contributed by atoms with E-state index in [1.165, 1.54) is 12.5 Å². The summed E-state index contributed by atoms with van der Waals surface area (Å²) in [6.45, 7) is 2.14. The number of hydrogen-bond donors (Lipinski definition) is 3. The number of sulfone groups is 1. The smallest absolute Gasteiger partial charge is 0.223 e. The number of aromatic amines is 1. The van der Waals surface area contributed by atoms with Gasteiger partial charge in [-0.25, -0.2) is 23.4 Å². The normalized spacial score (nSPS) is 17.2. The molecule has 3 rings (SSSR count). The number of H-pyrrole nitrogens is 1. The maximum atomic E-state index is 12.0. The molecule has 3 N–H and O–H groups in total. The van der Waals surface area contributed by atoms with Gasteiger partial charge in [0, 0.05) is 31.1 Å². The lowest BCUT2D eigenvalue weighted by Crippen LogP contribution is -2.30. The lowest BCUT2D eigenvalue weighted by atomic mass is 9.96. The third-order valence-electron chi connectivity index (χ3n) is 3.83. The number of imidazole rings is 1. The second kappa shape index (κ2) is 9.33. The molecule has 0 aliphatic carbocycles. The number of nitrogens with zero attached hydrogens (tertiary/aromatic N) is 3. The fourth-order valence-corrected chi connectivity index (χ4v) is 3.53. The van der Waals surface area contributed by atoms with Gasteiger partial charge in [0.1, 0.15) is 10.7 Å². The minimum Gasteiger partial charge on any atom is -0.347 e. The minimum atomic E-state index is -3.36. The van der Waals surface area contributed by atoms with Gasteiger partial charge in [0.25, 0.3) is 0 Å². The van der Waals surface area contributed by atoms with E-state index in [0.717, 1.165) is 31.8 Å². The molecule has 1 saturated heterocycles. The zero-order valence-electron chi connectivity index (χ0n) is 13.7. The molecule has 0 aromatic carbocycles. The molecule has 0 bridgehead atoms. The predicted molar refractivity (Wildman–Crippen MR) is 100 cm³/mol. The zero-order valence-corrected chi connectivity index (χ0v) is 16.2.